The van der Waals surface area contributed by atoms with E-state index in [1.54, 1.807) is 10.9 Å². The Balaban J connectivity index is 0.00000162. The smallest absolute Gasteiger partial charge is 0.189 e. The summed E-state index contributed by atoms with van der Waals surface area (Å²) in [6.07, 6.45) is 4.16. The lowest BCUT2D eigenvalue weighted by Crippen LogP contribution is -2.37. The van der Waals surface area contributed by atoms with Gasteiger partial charge in [0.2, 0.25) is 0 Å². The van der Waals surface area contributed by atoms with E-state index in [4.69, 9.17) is 10.5 Å². The highest BCUT2D eigenvalue weighted by molar-refractivity contribution is 14.0. The van der Waals surface area contributed by atoms with Crippen LogP contribution in [0.1, 0.15) is 18.5 Å². The van der Waals surface area contributed by atoms with Crippen LogP contribution in [-0.2, 0) is 18.3 Å². The lowest BCUT2D eigenvalue weighted by molar-refractivity contribution is 0.114. The van der Waals surface area contributed by atoms with Crippen LogP contribution in [0, 0.1) is 0 Å². The molecule has 8 heteroatoms. The largest absolute Gasteiger partial charge is 0.376 e. The molecule has 0 radical (unpaired) electrons. The molecule has 2 rings (SSSR count). The van der Waals surface area contributed by atoms with Gasteiger partial charge in [0.05, 0.1) is 24.5 Å². The summed E-state index contributed by atoms with van der Waals surface area (Å²) in [5.41, 5.74) is 6.67. The number of hydrogen-bond donors (Lipinski definition) is 2. The zero-order chi connectivity index (χ0) is 12.1. The molecule has 1 unspecified atom stereocenters. The zero-order valence-corrected chi connectivity index (χ0v) is 12.7. The monoisotopic (exact) mass is 366 g/mol. The number of aromatic nitrogens is 3. The van der Waals surface area contributed by atoms with Crippen LogP contribution in [0.4, 0.5) is 0 Å². The van der Waals surface area contributed by atoms with E-state index >= 15 is 0 Å². The van der Waals surface area contributed by atoms with Gasteiger partial charge in [0.1, 0.15) is 0 Å². The molecule has 0 aliphatic carbocycles. The van der Waals surface area contributed by atoms with Gasteiger partial charge in [-0.05, 0) is 12.8 Å². The molecule has 1 atom stereocenters. The summed E-state index contributed by atoms with van der Waals surface area (Å²) in [5, 5.41) is 10.7. The molecular formula is C10H19IN6O. The predicted octanol–water partition coefficient (Wildman–Crippen LogP) is 0.0164. The summed E-state index contributed by atoms with van der Waals surface area (Å²) in [7, 11) is 1.83. The van der Waals surface area contributed by atoms with Gasteiger partial charge in [0, 0.05) is 20.2 Å². The molecule has 1 aliphatic rings. The minimum absolute atomic E-state index is 0. The fourth-order valence-corrected chi connectivity index (χ4v) is 1.70. The second kappa shape index (κ2) is 7.52. The van der Waals surface area contributed by atoms with Crippen LogP contribution in [0.3, 0.4) is 0 Å². The summed E-state index contributed by atoms with van der Waals surface area (Å²) in [5.74, 6) is 0.432. The molecule has 0 bridgehead atoms. The number of halogens is 1. The highest BCUT2D eigenvalue weighted by Crippen LogP contribution is 2.10. The number of nitrogens with zero attached hydrogens (tertiary/aromatic N) is 4. The summed E-state index contributed by atoms with van der Waals surface area (Å²) < 4.78 is 7.15. The molecule has 7 nitrogen and oxygen atoms in total. The van der Waals surface area contributed by atoms with Crippen LogP contribution in [0.2, 0.25) is 0 Å². The number of guanidine groups is 1. The molecule has 0 aromatic carbocycles. The molecule has 102 valence electrons. The number of nitrogens with one attached hydrogen (secondary N) is 1. The highest BCUT2D eigenvalue weighted by atomic mass is 127. The van der Waals surface area contributed by atoms with E-state index in [0.717, 1.165) is 31.7 Å². The number of aliphatic imine (C=N–C) groups is 1. The van der Waals surface area contributed by atoms with Gasteiger partial charge in [-0.1, -0.05) is 5.21 Å². The van der Waals surface area contributed by atoms with Gasteiger partial charge in [-0.2, -0.15) is 0 Å². The number of rotatable bonds is 4. The molecule has 0 saturated carbocycles. The quantitative estimate of drug-likeness (QED) is 0.445. The number of hydrogen-bond acceptors (Lipinski definition) is 4. The van der Waals surface area contributed by atoms with E-state index in [0.29, 0.717) is 12.5 Å². The molecule has 2 heterocycles. The Labute approximate surface area is 123 Å². The molecular weight excluding hydrogens is 347 g/mol. The van der Waals surface area contributed by atoms with E-state index in [1.807, 2.05) is 7.05 Å². The SMILES string of the molecule is Cn1nncc1CN=C(N)NCC1CCCO1.I. The van der Waals surface area contributed by atoms with Crippen molar-refractivity contribution in [2.45, 2.75) is 25.5 Å². The van der Waals surface area contributed by atoms with E-state index in [-0.39, 0.29) is 30.1 Å². The summed E-state index contributed by atoms with van der Waals surface area (Å²) in [6, 6.07) is 0. The molecule has 0 amide bonds. The average Bonchev–Trinajstić information content (AvgIpc) is 2.95. The highest BCUT2D eigenvalue weighted by Gasteiger charge is 2.14. The van der Waals surface area contributed by atoms with Gasteiger partial charge in [-0.25, -0.2) is 4.99 Å². The standard InChI is InChI=1S/C10H18N6O.HI/c1-16-8(6-14-15-16)5-12-10(11)13-7-9-3-2-4-17-9;/h6,9H,2-5,7H2,1H3,(H3,11,12,13);1H. The van der Waals surface area contributed by atoms with Crippen molar-refractivity contribution in [3.05, 3.63) is 11.9 Å². The third-order valence-electron chi connectivity index (χ3n) is 2.75. The Morgan fingerprint density at radius 2 is 2.56 bits per heavy atom. The third kappa shape index (κ3) is 4.41. The van der Waals surface area contributed by atoms with Crippen LogP contribution < -0.4 is 11.1 Å². The van der Waals surface area contributed by atoms with Crippen molar-refractivity contribution < 1.29 is 4.74 Å². The van der Waals surface area contributed by atoms with Crippen molar-refractivity contribution in [3.63, 3.8) is 0 Å². The lowest BCUT2D eigenvalue weighted by atomic mass is 10.2. The maximum Gasteiger partial charge on any atom is 0.189 e. The normalized spacial score (nSPS) is 19.6. The van der Waals surface area contributed by atoms with Crippen molar-refractivity contribution in [3.8, 4) is 0 Å². The zero-order valence-electron chi connectivity index (χ0n) is 10.4. The average molecular weight is 366 g/mol. The topological polar surface area (TPSA) is 90.4 Å². The minimum atomic E-state index is 0. The Bertz CT molecular complexity index is 387. The lowest BCUT2D eigenvalue weighted by Gasteiger charge is -2.10. The first kappa shape index (κ1) is 15.2. The van der Waals surface area contributed by atoms with E-state index < -0.39 is 0 Å². The number of nitrogens with two attached hydrogens (primary N) is 1. The second-order valence-corrected chi connectivity index (χ2v) is 4.07. The summed E-state index contributed by atoms with van der Waals surface area (Å²) >= 11 is 0. The van der Waals surface area contributed by atoms with Crippen LogP contribution in [0.25, 0.3) is 0 Å². The van der Waals surface area contributed by atoms with Crippen LogP contribution in [-0.4, -0.2) is 40.2 Å². The molecule has 1 aromatic rings. The fraction of sp³-hybridized carbons (Fsp3) is 0.700. The van der Waals surface area contributed by atoms with Gasteiger partial charge >= 0.3 is 0 Å². The maximum absolute atomic E-state index is 5.75. The molecule has 0 spiro atoms. The minimum Gasteiger partial charge on any atom is -0.376 e. The molecule has 1 aliphatic heterocycles. The molecule has 1 saturated heterocycles. The first-order valence-corrected chi connectivity index (χ1v) is 5.74. The van der Waals surface area contributed by atoms with Crippen molar-refractivity contribution in [1.29, 1.82) is 0 Å². The predicted molar refractivity (Wildman–Crippen MR) is 78.7 cm³/mol. The van der Waals surface area contributed by atoms with E-state index in [9.17, 15) is 0 Å². The van der Waals surface area contributed by atoms with Crippen LogP contribution >= 0.6 is 24.0 Å². The molecule has 1 aromatic heterocycles. The third-order valence-corrected chi connectivity index (χ3v) is 2.75. The van der Waals surface area contributed by atoms with Gasteiger partial charge in [0.15, 0.2) is 5.96 Å². The van der Waals surface area contributed by atoms with Gasteiger partial charge in [0.25, 0.3) is 0 Å². The van der Waals surface area contributed by atoms with Crippen molar-refractivity contribution in [2.24, 2.45) is 17.8 Å². The Morgan fingerprint density at radius 1 is 1.72 bits per heavy atom. The van der Waals surface area contributed by atoms with E-state index in [2.05, 4.69) is 20.6 Å². The van der Waals surface area contributed by atoms with Gasteiger partial charge in [-0.3, -0.25) is 4.68 Å². The Morgan fingerprint density at radius 3 is 3.17 bits per heavy atom. The van der Waals surface area contributed by atoms with Crippen molar-refractivity contribution in [1.82, 2.24) is 20.3 Å². The number of ether oxygens (including phenoxy) is 1. The molecule has 18 heavy (non-hydrogen) atoms. The maximum atomic E-state index is 5.75. The van der Waals surface area contributed by atoms with Crippen LogP contribution in [0.5, 0.6) is 0 Å². The summed E-state index contributed by atoms with van der Waals surface area (Å²) in [6.45, 7) is 2.05. The van der Waals surface area contributed by atoms with Gasteiger partial charge < -0.3 is 15.8 Å². The summed E-state index contributed by atoms with van der Waals surface area (Å²) in [4.78, 5) is 4.22. The first-order valence-electron chi connectivity index (χ1n) is 5.74. The Hall–Kier alpha value is -0.900. The molecule has 3 N–H and O–H groups in total. The van der Waals surface area contributed by atoms with Crippen molar-refractivity contribution >= 4 is 29.9 Å². The van der Waals surface area contributed by atoms with Gasteiger partial charge in [-0.15, -0.1) is 29.1 Å². The van der Waals surface area contributed by atoms with Crippen molar-refractivity contribution in [2.75, 3.05) is 13.2 Å². The fourth-order valence-electron chi connectivity index (χ4n) is 1.70. The Kier molecular flexibility index (Phi) is 6.33. The van der Waals surface area contributed by atoms with E-state index in [1.165, 1.54) is 0 Å². The van der Waals surface area contributed by atoms with Crippen LogP contribution in [0.15, 0.2) is 11.2 Å². The first-order chi connectivity index (χ1) is 8.25. The number of aryl methyl sites for hydroxylation is 1. The molecule has 1 fully saturated rings. The second-order valence-electron chi connectivity index (χ2n) is 4.07.